The third-order valence-electron chi connectivity index (χ3n) is 3.63. The van der Waals surface area contributed by atoms with Crippen molar-refractivity contribution in [2.24, 2.45) is 5.92 Å². The van der Waals surface area contributed by atoms with E-state index in [2.05, 4.69) is 10.2 Å². The zero-order valence-corrected chi connectivity index (χ0v) is 12.0. The van der Waals surface area contributed by atoms with Gasteiger partial charge in [0, 0.05) is 32.7 Å². The molecule has 0 bridgehead atoms. The van der Waals surface area contributed by atoms with Crippen molar-refractivity contribution in [1.82, 2.24) is 15.1 Å². The van der Waals surface area contributed by atoms with Crippen LogP contribution in [0, 0.1) is 5.92 Å². The van der Waals surface area contributed by atoms with Crippen LogP contribution in [0.15, 0.2) is 0 Å². The normalized spacial score (nSPS) is 18.4. The number of hydrogen-bond acceptors (Lipinski definition) is 4. The van der Waals surface area contributed by atoms with Gasteiger partial charge in [-0.1, -0.05) is 6.92 Å². The number of aliphatic hydroxyl groups excluding tert-OH is 1. The first-order valence-electron chi connectivity index (χ1n) is 7.17. The zero-order valence-electron chi connectivity index (χ0n) is 12.0. The molecule has 0 aromatic carbocycles. The van der Waals surface area contributed by atoms with E-state index in [0.717, 1.165) is 19.5 Å². The predicted octanol–water partition coefficient (Wildman–Crippen LogP) is -0.193. The molecule has 1 aliphatic rings. The van der Waals surface area contributed by atoms with Crippen LogP contribution in [-0.2, 0) is 4.79 Å². The van der Waals surface area contributed by atoms with Crippen LogP contribution in [0.4, 0.5) is 4.79 Å². The van der Waals surface area contributed by atoms with E-state index in [-0.39, 0.29) is 19.2 Å². The van der Waals surface area contributed by atoms with Gasteiger partial charge in [0.2, 0.25) is 0 Å². The number of aliphatic hydroxyl groups is 1. The number of carboxylic acids is 1. The quantitative estimate of drug-likeness (QED) is 0.629. The molecule has 0 saturated carbocycles. The number of β-amino-alcohol motifs (C(OH)–C–C–N with tert-alkyl or cyclic N) is 1. The molecule has 7 nitrogen and oxygen atoms in total. The van der Waals surface area contributed by atoms with Gasteiger partial charge in [-0.3, -0.25) is 9.69 Å². The fourth-order valence-electron chi connectivity index (χ4n) is 2.27. The van der Waals surface area contributed by atoms with Crippen molar-refractivity contribution in [3.05, 3.63) is 0 Å². The van der Waals surface area contributed by atoms with Crippen LogP contribution >= 0.6 is 0 Å². The van der Waals surface area contributed by atoms with Gasteiger partial charge >= 0.3 is 12.0 Å². The van der Waals surface area contributed by atoms with Gasteiger partial charge in [0.05, 0.1) is 12.5 Å². The van der Waals surface area contributed by atoms with E-state index in [9.17, 15) is 9.59 Å². The minimum absolute atomic E-state index is 0.128. The van der Waals surface area contributed by atoms with Gasteiger partial charge in [-0.2, -0.15) is 0 Å². The monoisotopic (exact) mass is 287 g/mol. The summed E-state index contributed by atoms with van der Waals surface area (Å²) >= 11 is 0. The lowest BCUT2D eigenvalue weighted by atomic mass is 10.1. The highest BCUT2D eigenvalue weighted by molar-refractivity contribution is 5.76. The summed E-state index contributed by atoms with van der Waals surface area (Å²) in [5, 5.41) is 20.6. The maximum atomic E-state index is 12.0. The molecule has 0 aromatic rings. The SMILES string of the molecule is CCC(CNC(=O)N1CCCN(CCO)CC1)C(=O)O. The smallest absolute Gasteiger partial charge is 0.317 e. The first-order valence-corrected chi connectivity index (χ1v) is 7.17. The molecule has 0 aliphatic carbocycles. The fraction of sp³-hybridized carbons (Fsp3) is 0.846. The van der Waals surface area contributed by atoms with Gasteiger partial charge in [0.1, 0.15) is 0 Å². The minimum Gasteiger partial charge on any atom is -0.481 e. The maximum Gasteiger partial charge on any atom is 0.317 e. The summed E-state index contributed by atoms with van der Waals surface area (Å²) in [6.07, 6.45) is 1.36. The average Bonchev–Trinajstić information content (AvgIpc) is 2.65. The molecule has 1 aliphatic heterocycles. The Balaban J connectivity index is 2.37. The van der Waals surface area contributed by atoms with Crippen molar-refractivity contribution in [2.45, 2.75) is 19.8 Å². The molecule has 1 rings (SSSR count). The summed E-state index contributed by atoms with van der Waals surface area (Å²) in [6.45, 7) is 5.61. The van der Waals surface area contributed by atoms with Gasteiger partial charge in [0.15, 0.2) is 0 Å². The van der Waals surface area contributed by atoms with Crippen molar-refractivity contribution < 1.29 is 19.8 Å². The van der Waals surface area contributed by atoms with Crippen LogP contribution in [0.2, 0.25) is 0 Å². The molecular formula is C13H25N3O4. The van der Waals surface area contributed by atoms with Gasteiger partial charge in [-0.25, -0.2) is 4.79 Å². The first-order chi connectivity index (χ1) is 9.58. The third kappa shape index (κ3) is 5.34. The van der Waals surface area contributed by atoms with E-state index in [0.29, 0.717) is 26.1 Å². The molecule has 1 saturated heterocycles. The van der Waals surface area contributed by atoms with E-state index < -0.39 is 11.9 Å². The lowest BCUT2D eigenvalue weighted by molar-refractivity contribution is -0.141. The Morgan fingerprint density at radius 2 is 2.00 bits per heavy atom. The summed E-state index contributed by atoms with van der Waals surface area (Å²) in [4.78, 5) is 26.7. The Hall–Kier alpha value is -1.34. The molecule has 1 unspecified atom stereocenters. The number of carbonyl (C=O) groups is 2. The molecule has 1 heterocycles. The van der Waals surface area contributed by atoms with E-state index in [1.807, 2.05) is 0 Å². The van der Waals surface area contributed by atoms with Crippen LogP contribution < -0.4 is 5.32 Å². The second-order valence-electron chi connectivity index (χ2n) is 5.04. The van der Waals surface area contributed by atoms with Gasteiger partial charge in [-0.15, -0.1) is 0 Å². The van der Waals surface area contributed by atoms with E-state index in [1.54, 1.807) is 11.8 Å². The number of amides is 2. The maximum absolute atomic E-state index is 12.0. The van der Waals surface area contributed by atoms with Gasteiger partial charge in [0.25, 0.3) is 0 Å². The zero-order chi connectivity index (χ0) is 15.0. The topological polar surface area (TPSA) is 93.1 Å². The lowest BCUT2D eigenvalue weighted by Gasteiger charge is -2.22. The average molecular weight is 287 g/mol. The Morgan fingerprint density at radius 3 is 2.60 bits per heavy atom. The minimum atomic E-state index is -0.877. The fourth-order valence-corrected chi connectivity index (χ4v) is 2.27. The van der Waals surface area contributed by atoms with Gasteiger partial charge in [-0.05, 0) is 19.4 Å². The van der Waals surface area contributed by atoms with Crippen molar-refractivity contribution in [3.8, 4) is 0 Å². The molecule has 3 N–H and O–H groups in total. The number of carbonyl (C=O) groups excluding carboxylic acids is 1. The number of nitrogens with zero attached hydrogens (tertiary/aromatic N) is 2. The molecule has 116 valence electrons. The standard InChI is InChI=1S/C13H25N3O4/c1-2-11(12(18)19)10-14-13(20)16-5-3-4-15(6-7-16)8-9-17/h11,17H,2-10H2,1H3,(H,14,20)(H,18,19). The van der Waals surface area contributed by atoms with Crippen LogP contribution in [0.3, 0.4) is 0 Å². The number of aliphatic carboxylic acids is 1. The Morgan fingerprint density at radius 1 is 1.25 bits per heavy atom. The molecule has 1 fully saturated rings. The van der Waals surface area contributed by atoms with Crippen LogP contribution in [0.5, 0.6) is 0 Å². The second-order valence-corrected chi connectivity index (χ2v) is 5.04. The largest absolute Gasteiger partial charge is 0.481 e. The highest BCUT2D eigenvalue weighted by Gasteiger charge is 2.21. The molecular weight excluding hydrogens is 262 g/mol. The van der Waals surface area contributed by atoms with Crippen molar-refractivity contribution in [3.63, 3.8) is 0 Å². The van der Waals surface area contributed by atoms with E-state index in [4.69, 9.17) is 10.2 Å². The molecule has 0 radical (unpaired) electrons. The summed E-state index contributed by atoms with van der Waals surface area (Å²) in [7, 11) is 0. The van der Waals surface area contributed by atoms with E-state index in [1.165, 1.54) is 0 Å². The van der Waals surface area contributed by atoms with E-state index >= 15 is 0 Å². The second kappa shape index (κ2) is 8.76. The van der Waals surface area contributed by atoms with Crippen molar-refractivity contribution >= 4 is 12.0 Å². The Bertz CT molecular complexity index is 325. The molecule has 0 spiro atoms. The van der Waals surface area contributed by atoms with Crippen LogP contribution in [0.25, 0.3) is 0 Å². The summed E-state index contributed by atoms with van der Waals surface area (Å²) in [5.74, 6) is -1.41. The summed E-state index contributed by atoms with van der Waals surface area (Å²) in [6, 6.07) is -0.199. The van der Waals surface area contributed by atoms with Crippen molar-refractivity contribution in [1.29, 1.82) is 0 Å². The highest BCUT2D eigenvalue weighted by atomic mass is 16.4. The number of urea groups is 1. The van der Waals surface area contributed by atoms with Crippen LogP contribution in [0.1, 0.15) is 19.8 Å². The Labute approximate surface area is 119 Å². The number of rotatable bonds is 6. The molecule has 20 heavy (non-hydrogen) atoms. The third-order valence-corrected chi connectivity index (χ3v) is 3.63. The Kier molecular flexibility index (Phi) is 7.32. The number of nitrogens with one attached hydrogen (secondary N) is 1. The lowest BCUT2D eigenvalue weighted by Crippen LogP contribution is -2.44. The first kappa shape index (κ1) is 16.7. The van der Waals surface area contributed by atoms with Crippen LogP contribution in [-0.4, -0.2) is 77.9 Å². The predicted molar refractivity (Wildman–Crippen MR) is 74.5 cm³/mol. The molecule has 7 heteroatoms. The molecule has 0 aromatic heterocycles. The van der Waals surface area contributed by atoms with Crippen molar-refractivity contribution in [2.75, 3.05) is 45.9 Å². The number of carboxylic acid groups (broad SMARTS) is 1. The van der Waals surface area contributed by atoms with Gasteiger partial charge < -0.3 is 20.4 Å². The highest BCUT2D eigenvalue weighted by Crippen LogP contribution is 2.05. The summed E-state index contributed by atoms with van der Waals surface area (Å²) < 4.78 is 0. The number of hydrogen-bond donors (Lipinski definition) is 3. The molecule has 1 atom stereocenters. The molecule has 2 amide bonds. The summed E-state index contributed by atoms with van der Waals surface area (Å²) in [5.41, 5.74) is 0.